The van der Waals surface area contributed by atoms with Gasteiger partial charge in [-0.3, -0.25) is 0 Å². The summed E-state index contributed by atoms with van der Waals surface area (Å²) in [6, 6.07) is 0.666. The van der Waals surface area contributed by atoms with Crippen LogP contribution in [0.15, 0.2) is 4.42 Å². The predicted molar refractivity (Wildman–Crippen MR) is 71.4 cm³/mol. The van der Waals surface area contributed by atoms with E-state index in [2.05, 4.69) is 34.7 Å². The molecule has 5 heteroatoms. The van der Waals surface area contributed by atoms with E-state index in [-0.39, 0.29) is 6.04 Å². The van der Waals surface area contributed by atoms with Crippen LogP contribution in [0.3, 0.4) is 0 Å². The molecule has 2 rings (SSSR count). The Balaban J connectivity index is 1.79. The van der Waals surface area contributed by atoms with Gasteiger partial charge in [-0.1, -0.05) is 25.4 Å². The molecule has 5 nitrogen and oxygen atoms in total. The lowest BCUT2D eigenvalue weighted by atomic mass is 10.1. The first-order valence-electron chi connectivity index (χ1n) is 6.99. The largest absolute Gasteiger partial charge is 0.406 e. The van der Waals surface area contributed by atoms with Gasteiger partial charge in [0, 0.05) is 6.54 Å². The quantitative estimate of drug-likeness (QED) is 0.814. The number of rotatable bonds is 6. The summed E-state index contributed by atoms with van der Waals surface area (Å²) in [4.78, 5) is 0. The first-order chi connectivity index (χ1) is 8.69. The predicted octanol–water partition coefficient (Wildman–Crippen LogP) is 2.59. The Kier molecular flexibility index (Phi) is 4.58. The van der Waals surface area contributed by atoms with E-state index in [1.165, 1.54) is 19.3 Å². The molecule has 1 aliphatic rings. The Labute approximate surface area is 109 Å². The minimum absolute atomic E-state index is 0.115. The van der Waals surface area contributed by atoms with Gasteiger partial charge in [0.25, 0.3) is 0 Å². The van der Waals surface area contributed by atoms with E-state index in [1.807, 2.05) is 6.92 Å². The molecule has 0 aromatic carbocycles. The van der Waals surface area contributed by atoms with Crippen LogP contribution >= 0.6 is 0 Å². The summed E-state index contributed by atoms with van der Waals surface area (Å²) in [7, 11) is 0. The summed E-state index contributed by atoms with van der Waals surface area (Å²) in [5, 5.41) is 14.6. The van der Waals surface area contributed by atoms with E-state index in [9.17, 15) is 0 Å². The van der Waals surface area contributed by atoms with Crippen molar-refractivity contribution in [3.63, 3.8) is 0 Å². The van der Waals surface area contributed by atoms with Crippen LogP contribution in [-0.4, -0.2) is 23.3 Å². The third-order valence-electron chi connectivity index (χ3n) is 3.67. The smallest absolute Gasteiger partial charge is 0.315 e. The molecule has 0 radical (unpaired) electrons. The lowest BCUT2D eigenvalue weighted by Crippen LogP contribution is -2.17. The molecule has 1 aliphatic carbocycles. The molecule has 0 aliphatic heterocycles. The number of anilines is 1. The monoisotopic (exact) mass is 252 g/mol. The number of hydrogen-bond acceptors (Lipinski definition) is 5. The van der Waals surface area contributed by atoms with Crippen LogP contribution in [-0.2, 0) is 0 Å². The van der Waals surface area contributed by atoms with Crippen LogP contribution in [0.1, 0.15) is 52.0 Å². The van der Waals surface area contributed by atoms with E-state index in [4.69, 9.17) is 4.42 Å². The lowest BCUT2D eigenvalue weighted by Gasteiger charge is -2.09. The van der Waals surface area contributed by atoms with E-state index in [0.717, 1.165) is 24.9 Å². The number of nitrogens with one attached hydrogen (secondary N) is 2. The second kappa shape index (κ2) is 6.18. The van der Waals surface area contributed by atoms with E-state index in [1.54, 1.807) is 0 Å². The highest BCUT2D eigenvalue weighted by atomic mass is 16.4. The van der Waals surface area contributed by atoms with Crippen molar-refractivity contribution >= 4 is 6.01 Å². The number of nitrogens with zero attached hydrogens (tertiary/aromatic N) is 2. The van der Waals surface area contributed by atoms with Crippen molar-refractivity contribution in [2.24, 2.45) is 11.8 Å². The molecular weight excluding hydrogens is 228 g/mol. The third-order valence-corrected chi connectivity index (χ3v) is 3.67. The first kappa shape index (κ1) is 13.3. The molecule has 18 heavy (non-hydrogen) atoms. The van der Waals surface area contributed by atoms with Crippen molar-refractivity contribution in [3.8, 4) is 0 Å². The minimum Gasteiger partial charge on any atom is -0.406 e. The van der Waals surface area contributed by atoms with Gasteiger partial charge in [-0.05, 0) is 38.1 Å². The molecule has 2 N–H and O–H groups in total. The second-order valence-electron chi connectivity index (χ2n) is 5.39. The van der Waals surface area contributed by atoms with Gasteiger partial charge in [-0.2, -0.15) is 0 Å². The van der Waals surface area contributed by atoms with Gasteiger partial charge in [0.15, 0.2) is 0 Å². The fraction of sp³-hybridized carbons (Fsp3) is 0.846. The van der Waals surface area contributed by atoms with Crippen LogP contribution in [0.2, 0.25) is 0 Å². The van der Waals surface area contributed by atoms with Crippen LogP contribution in [0, 0.1) is 11.8 Å². The SMILES string of the molecule is CCNC(C)c1nnc(NCC2CCC(C)C2)o1. The fourth-order valence-corrected chi connectivity index (χ4v) is 2.62. The summed E-state index contributed by atoms with van der Waals surface area (Å²) < 4.78 is 5.59. The highest BCUT2D eigenvalue weighted by molar-refractivity contribution is 5.17. The molecule has 102 valence electrons. The summed E-state index contributed by atoms with van der Waals surface area (Å²) in [5.74, 6) is 2.27. The van der Waals surface area contributed by atoms with Crippen molar-refractivity contribution < 1.29 is 4.42 Å². The average molecular weight is 252 g/mol. The molecule has 0 saturated heterocycles. The molecule has 1 saturated carbocycles. The second-order valence-corrected chi connectivity index (χ2v) is 5.39. The maximum atomic E-state index is 5.59. The van der Waals surface area contributed by atoms with Crippen LogP contribution < -0.4 is 10.6 Å². The molecular formula is C13H24N4O. The third kappa shape index (κ3) is 3.45. The van der Waals surface area contributed by atoms with Gasteiger partial charge in [0.2, 0.25) is 5.89 Å². The van der Waals surface area contributed by atoms with Gasteiger partial charge < -0.3 is 15.1 Å². The van der Waals surface area contributed by atoms with Crippen LogP contribution in [0.25, 0.3) is 0 Å². The van der Waals surface area contributed by atoms with Gasteiger partial charge >= 0.3 is 6.01 Å². The molecule has 1 fully saturated rings. The van der Waals surface area contributed by atoms with Crippen LogP contribution in [0.4, 0.5) is 6.01 Å². The van der Waals surface area contributed by atoms with Gasteiger partial charge in [-0.25, -0.2) is 0 Å². The maximum absolute atomic E-state index is 5.59. The summed E-state index contributed by atoms with van der Waals surface area (Å²) in [6.45, 7) is 8.25. The van der Waals surface area contributed by atoms with E-state index >= 15 is 0 Å². The minimum atomic E-state index is 0.115. The Morgan fingerprint density at radius 3 is 2.89 bits per heavy atom. The topological polar surface area (TPSA) is 63.0 Å². The zero-order chi connectivity index (χ0) is 13.0. The molecule has 3 atom stereocenters. The van der Waals surface area contributed by atoms with Crippen LogP contribution in [0.5, 0.6) is 0 Å². The molecule has 1 aromatic rings. The van der Waals surface area contributed by atoms with Crippen molar-refractivity contribution in [3.05, 3.63) is 5.89 Å². The van der Waals surface area contributed by atoms with E-state index in [0.29, 0.717) is 11.9 Å². The highest BCUT2D eigenvalue weighted by Crippen LogP contribution is 2.30. The summed E-state index contributed by atoms with van der Waals surface area (Å²) in [6.07, 6.45) is 3.96. The molecule has 1 heterocycles. The molecule has 1 aromatic heterocycles. The van der Waals surface area contributed by atoms with Crippen molar-refractivity contribution in [1.29, 1.82) is 0 Å². The first-order valence-corrected chi connectivity index (χ1v) is 6.99. The summed E-state index contributed by atoms with van der Waals surface area (Å²) >= 11 is 0. The Morgan fingerprint density at radius 1 is 1.39 bits per heavy atom. The molecule has 0 bridgehead atoms. The normalized spacial score (nSPS) is 25.3. The number of aromatic nitrogens is 2. The number of hydrogen-bond donors (Lipinski definition) is 2. The average Bonchev–Trinajstić information content (AvgIpc) is 2.95. The summed E-state index contributed by atoms with van der Waals surface area (Å²) in [5.41, 5.74) is 0. The molecule has 0 amide bonds. The Hall–Kier alpha value is -1.10. The zero-order valence-corrected chi connectivity index (χ0v) is 11.6. The van der Waals surface area contributed by atoms with Gasteiger partial charge in [0.05, 0.1) is 6.04 Å². The fourth-order valence-electron chi connectivity index (χ4n) is 2.62. The van der Waals surface area contributed by atoms with E-state index < -0.39 is 0 Å². The standard InChI is InChI=1S/C13H24N4O/c1-4-14-10(3)12-16-17-13(18-12)15-8-11-6-5-9(2)7-11/h9-11,14H,4-8H2,1-3H3,(H,15,17). The lowest BCUT2D eigenvalue weighted by molar-refractivity contribution is 0.426. The zero-order valence-electron chi connectivity index (χ0n) is 11.6. The van der Waals surface area contributed by atoms with Gasteiger partial charge in [-0.15, -0.1) is 5.10 Å². The maximum Gasteiger partial charge on any atom is 0.315 e. The van der Waals surface area contributed by atoms with Gasteiger partial charge in [0.1, 0.15) is 0 Å². The Bertz CT molecular complexity index is 366. The van der Waals surface area contributed by atoms with Crippen molar-refractivity contribution in [1.82, 2.24) is 15.5 Å². The Morgan fingerprint density at radius 2 is 2.22 bits per heavy atom. The van der Waals surface area contributed by atoms with Crippen molar-refractivity contribution in [2.75, 3.05) is 18.4 Å². The highest BCUT2D eigenvalue weighted by Gasteiger charge is 2.21. The molecule has 0 spiro atoms. The van der Waals surface area contributed by atoms with Crippen molar-refractivity contribution in [2.45, 2.75) is 46.1 Å². The molecule has 3 unspecified atom stereocenters.